The lowest BCUT2D eigenvalue weighted by atomic mass is 10.1. The normalized spacial score (nSPS) is 12.4. The molecule has 4 rings (SSSR count). The van der Waals surface area contributed by atoms with Crippen molar-refractivity contribution in [3.05, 3.63) is 58.9 Å². The number of aromatic nitrogens is 5. The number of fused-ring (bicyclic) bond motifs is 1. The van der Waals surface area contributed by atoms with Crippen LogP contribution < -0.4 is 5.56 Å². The molecule has 7 nitrogen and oxygen atoms in total. The molecule has 0 aromatic carbocycles. The molecule has 26 heavy (non-hydrogen) atoms. The summed E-state index contributed by atoms with van der Waals surface area (Å²) in [6.45, 7) is 1.62. The fourth-order valence-electron chi connectivity index (χ4n) is 2.73. The van der Waals surface area contributed by atoms with E-state index < -0.39 is 0 Å². The summed E-state index contributed by atoms with van der Waals surface area (Å²) in [6.07, 6.45) is 6.55. The molecule has 0 saturated heterocycles. The molecule has 0 fully saturated rings. The maximum Gasteiger partial charge on any atom is 0.261 e. The molecule has 4 heterocycles. The van der Waals surface area contributed by atoms with Gasteiger partial charge in [0.1, 0.15) is 5.52 Å². The zero-order valence-electron chi connectivity index (χ0n) is 13.9. The Morgan fingerprint density at radius 2 is 2.19 bits per heavy atom. The van der Waals surface area contributed by atoms with Crippen molar-refractivity contribution in [2.75, 3.05) is 6.61 Å². The van der Waals surface area contributed by atoms with Gasteiger partial charge < -0.3 is 5.11 Å². The number of aliphatic hydroxyl groups is 1. The van der Waals surface area contributed by atoms with Crippen LogP contribution in [0.15, 0.2) is 53.3 Å². The van der Waals surface area contributed by atoms with Crippen LogP contribution in [0.4, 0.5) is 0 Å². The minimum atomic E-state index is -0.360. The van der Waals surface area contributed by atoms with Crippen molar-refractivity contribution < 1.29 is 5.11 Å². The van der Waals surface area contributed by atoms with Crippen molar-refractivity contribution in [3.8, 4) is 22.5 Å². The Bertz CT molecular complexity index is 1110. The Labute approximate surface area is 152 Å². The molecule has 0 aliphatic heterocycles. The summed E-state index contributed by atoms with van der Waals surface area (Å²) in [6, 6.07) is 5.07. The van der Waals surface area contributed by atoms with Crippen LogP contribution in [0.5, 0.6) is 0 Å². The molecule has 0 radical (unpaired) electrons. The molecular formula is C18H15N5O2S. The maximum atomic E-state index is 13.0. The second kappa shape index (κ2) is 6.74. The van der Waals surface area contributed by atoms with Crippen LogP contribution >= 0.6 is 11.5 Å². The van der Waals surface area contributed by atoms with E-state index in [0.29, 0.717) is 22.3 Å². The van der Waals surface area contributed by atoms with E-state index in [1.54, 1.807) is 31.6 Å². The van der Waals surface area contributed by atoms with Crippen molar-refractivity contribution in [1.29, 1.82) is 0 Å². The van der Waals surface area contributed by atoms with Crippen LogP contribution in [0, 0.1) is 0 Å². The van der Waals surface area contributed by atoms with Gasteiger partial charge in [-0.3, -0.25) is 14.3 Å². The lowest BCUT2D eigenvalue weighted by molar-refractivity contribution is 0.236. The Balaban J connectivity index is 2.06. The fourth-order valence-corrected chi connectivity index (χ4v) is 3.26. The highest BCUT2D eigenvalue weighted by Crippen LogP contribution is 2.28. The molecule has 0 saturated carbocycles. The van der Waals surface area contributed by atoms with Gasteiger partial charge in [0.2, 0.25) is 0 Å². The van der Waals surface area contributed by atoms with E-state index in [1.807, 2.05) is 17.5 Å². The first-order valence-electron chi connectivity index (χ1n) is 8.02. The van der Waals surface area contributed by atoms with Crippen molar-refractivity contribution in [2.24, 2.45) is 0 Å². The summed E-state index contributed by atoms with van der Waals surface area (Å²) in [7, 11) is 0. The molecule has 1 N–H and O–H groups in total. The monoisotopic (exact) mass is 365 g/mol. The quantitative estimate of drug-likeness (QED) is 0.597. The van der Waals surface area contributed by atoms with Gasteiger partial charge in [0, 0.05) is 28.9 Å². The second-order valence-electron chi connectivity index (χ2n) is 5.90. The summed E-state index contributed by atoms with van der Waals surface area (Å²) in [5.41, 5.74) is 3.16. The molecule has 0 aliphatic rings. The number of aliphatic hydroxyl groups excluding tert-OH is 1. The van der Waals surface area contributed by atoms with E-state index in [2.05, 4.69) is 14.3 Å². The molecule has 0 spiro atoms. The Morgan fingerprint density at radius 1 is 1.31 bits per heavy atom. The van der Waals surface area contributed by atoms with Gasteiger partial charge in [-0.1, -0.05) is 0 Å². The predicted octanol–water partition coefficient (Wildman–Crippen LogP) is 2.53. The highest BCUT2D eigenvalue weighted by Gasteiger charge is 2.16. The molecule has 1 atom stereocenters. The Morgan fingerprint density at radius 3 is 2.88 bits per heavy atom. The van der Waals surface area contributed by atoms with Gasteiger partial charge in [0.25, 0.3) is 5.56 Å². The minimum absolute atomic E-state index is 0.144. The summed E-state index contributed by atoms with van der Waals surface area (Å²) in [4.78, 5) is 26.3. The third-order valence-corrected chi connectivity index (χ3v) is 4.76. The molecule has 4 aromatic heterocycles. The summed E-state index contributed by atoms with van der Waals surface area (Å²) < 4.78 is 5.56. The molecular weight excluding hydrogens is 350 g/mol. The average molecular weight is 365 g/mol. The van der Waals surface area contributed by atoms with Gasteiger partial charge in [-0.15, -0.1) is 0 Å². The summed E-state index contributed by atoms with van der Waals surface area (Å²) >= 11 is 1.32. The standard InChI is InChI=1S/C18H15N5O2S/c1-11(8-24)23-10-20-17-14(18(23)25)5-15(13-7-21-26-9-13)22-16(17)12-3-2-4-19-6-12/h2-7,9-11,24H,8H2,1H3. The number of pyridine rings is 2. The molecule has 130 valence electrons. The molecule has 8 heteroatoms. The van der Waals surface area contributed by atoms with Gasteiger partial charge in [-0.05, 0) is 36.7 Å². The topological polar surface area (TPSA) is 93.8 Å². The smallest absolute Gasteiger partial charge is 0.261 e. The lowest BCUT2D eigenvalue weighted by Gasteiger charge is -2.14. The van der Waals surface area contributed by atoms with Crippen molar-refractivity contribution in [3.63, 3.8) is 0 Å². The number of hydrogen-bond donors (Lipinski definition) is 1. The highest BCUT2D eigenvalue weighted by atomic mass is 32.1. The van der Waals surface area contributed by atoms with E-state index in [1.165, 1.54) is 22.4 Å². The Kier molecular flexibility index (Phi) is 4.27. The fraction of sp³-hybridized carbons (Fsp3) is 0.167. The SMILES string of the molecule is CC(CO)n1cnc2c(-c3cccnc3)nc(-c3cnsc3)cc2c1=O. The first kappa shape index (κ1) is 16.5. The maximum absolute atomic E-state index is 13.0. The first-order chi connectivity index (χ1) is 12.7. The predicted molar refractivity (Wildman–Crippen MR) is 99.9 cm³/mol. The largest absolute Gasteiger partial charge is 0.394 e. The number of rotatable bonds is 4. The second-order valence-corrected chi connectivity index (χ2v) is 6.55. The van der Waals surface area contributed by atoms with E-state index >= 15 is 0 Å². The molecule has 0 aliphatic carbocycles. The van der Waals surface area contributed by atoms with Gasteiger partial charge in [0.15, 0.2) is 0 Å². The van der Waals surface area contributed by atoms with Crippen LogP contribution in [0.3, 0.4) is 0 Å². The van der Waals surface area contributed by atoms with Gasteiger partial charge >= 0.3 is 0 Å². The zero-order valence-corrected chi connectivity index (χ0v) is 14.7. The van der Waals surface area contributed by atoms with Crippen LogP contribution in [0.1, 0.15) is 13.0 Å². The van der Waals surface area contributed by atoms with Crippen LogP contribution in [-0.2, 0) is 0 Å². The van der Waals surface area contributed by atoms with Gasteiger partial charge in [-0.25, -0.2) is 14.3 Å². The molecule has 0 bridgehead atoms. The van der Waals surface area contributed by atoms with E-state index in [0.717, 1.165) is 11.1 Å². The minimum Gasteiger partial charge on any atom is -0.394 e. The summed E-state index contributed by atoms with van der Waals surface area (Å²) in [5.74, 6) is 0. The zero-order chi connectivity index (χ0) is 18.1. The van der Waals surface area contributed by atoms with E-state index in [4.69, 9.17) is 4.98 Å². The number of hydrogen-bond acceptors (Lipinski definition) is 7. The van der Waals surface area contributed by atoms with E-state index in [9.17, 15) is 9.90 Å². The third-order valence-electron chi connectivity index (χ3n) is 4.17. The molecule has 0 amide bonds. The van der Waals surface area contributed by atoms with Crippen LogP contribution in [0.25, 0.3) is 33.4 Å². The Hall–Kier alpha value is -2.97. The van der Waals surface area contributed by atoms with Gasteiger partial charge in [0.05, 0.1) is 41.9 Å². The van der Waals surface area contributed by atoms with Crippen molar-refractivity contribution in [1.82, 2.24) is 23.9 Å². The van der Waals surface area contributed by atoms with Crippen molar-refractivity contribution >= 4 is 22.4 Å². The first-order valence-corrected chi connectivity index (χ1v) is 8.85. The van der Waals surface area contributed by atoms with Crippen LogP contribution in [0.2, 0.25) is 0 Å². The lowest BCUT2D eigenvalue weighted by Crippen LogP contribution is -2.25. The van der Waals surface area contributed by atoms with Crippen molar-refractivity contribution in [2.45, 2.75) is 13.0 Å². The van der Waals surface area contributed by atoms with Crippen LogP contribution in [-0.4, -0.2) is 35.6 Å². The summed E-state index contributed by atoms with van der Waals surface area (Å²) in [5, 5.41) is 11.7. The molecule has 1 unspecified atom stereocenters. The molecule has 4 aromatic rings. The van der Waals surface area contributed by atoms with E-state index in [-0.39, 0.29) is 18.2 Å². The van der Waals surface area contributed by atoms with Gasteiger partial charge in [-0.2, -0.15) is 0 Å². The third kappa shape index (κ3) is 2.79. The average Bonchev–Trinajstić information content (AvgIpc) is 3.22. The number of nitrogens with zero attached hydrogens (tertiary/aromatic N) is 5. The highest BCUT2D eigenvalue weighted by molar-refractivity contribution is 7.03.